The SMILES string of the molecule is C=CCN(CC=C)C(N)=NC#N. The van der Waals surface area contributed by atoms with E-state index in [0.717, 1.165) is 0 Å². The lowest BCUT2D eigenvalue weighted by Gasteiger charge is -2.18. The molecule has 0 spiro atoms. The van der Waals surface area contributed by atoms with Gasteiger partial charge >= 0.3 is 0 Å². The van der Waals surface area contributed by atoms with Gasteiger partial charge in [0.15, 0.2) is 0 Å². The normalized spacial score (nSPS) is 10.1. The number of nitrogens with zero attached hydrogens (tertiary/aromatic N) is 3. The average molecular weight is 164 g/mol. The third-order valence-electron chi connectivity index (χ3n) is 1.19. The van der Waals surface area contributed by atoms with Crippen molar-refractivity contribution < 1.29 is 0 Å². The van der Waals surface area contributed by atoms with E-state index < -0.39 is 0 Å². The molecule has 0 unspecified atom stereocenters. The van der Waals surface area contributed by atoms with Gasteiger partial charge in [0, 0.05) is 13.1 Å². The molecule has 64 valence electrons. The second-order valence-corrected chi connectivity index (χ2v) is 2.05. The van der Waals surface area contributed by atoms with Gasteiger partial charge in [-0.05, 0) is 0 Å². The Morgan fingerprint density at radius 3 is 2.33 bits per heavy atom. The van der Waals surface area contributed by atoms with Crippen molar-refractivity contribution in [3.63, 3.8) is 0 Å². The monoisotopic (exact) mass is 164 g/mol. The summed E-state index contributed by atoms with van der Waals surface area (Å²) in [7, 11) is 0. The Labute approximate surface area is 72.3 Å². The molecule has 0 bridgehead atoms. The molecule has 0 aromatic carbocycles. The number of aliphatic imine (C=N–C) groups is 1. The van der Waals surface area contributed by atoms with Crippen LogP contribution in [0.15, 0.2) is 30.3 Å². The third kappa shape index (κ3) is 3.42. The Bertz CT molecular complexity index is 214. The summed E-state index contributed by atoms with van der Waals surface area (Å²) in [6, 6.07) is 0. The van der Waals surface area contributed by atoms with Crippen LogP contribution in [0, 0.1) is 11.5 Å². The van der Waals surface area contributed by atoms with Crippen LogP contribution in [0.4, 0.5) is 0 Å². The Kier molecular flexibility index (Phi) is 5.11. The molecule has 0 aromatic heterocycles. The lowest BCUT2D eigenvalue weighted by molar-refractivity contribution is 0.508. The highest BCUT2D eigenvalue weighted by molar-refractivity contribution is 5.79. The number of hydrogen-bond donors (Lipinski definition) is 1. The van der Waals surface area contributed by atoms with Crippen molar-refractivity contribution in [3.05, 3.63) is 25.3 Å². The molecule has 4 heteroatoms. The van der Waals surface area contributed by atoms with Gasteiger partial charge in [-0.25, -0.2) is 0 Å². The van der Waals surface area contributed by atoms with Gasteiger partial charge in [0.05, 0.1) is 0 Å². The van der Waals surface area contributed by atoms with Crippen molar-refractivity contribution in [1.82, 2.24) is 4.90 Å². The maximum absolute atomic E-state index is 8.23. The maximum Gasteiger partial charge on any atom is 0.209 e. The Morgan fingerprint density at radius 1 is 1.50 bits per heavy atom. The minimum atomic E-state index is 0.192. The molecule has 0 amide bonds. The molecule has 0 saturated heterocycles. The van der Waals surface area contributed by atoms with Crippen LogP contribution in [-0.4, -0.2) is 23.9 Å². The van der Waals surface area contributed by atoms with E-state index >= 15 is 0 Å². The lowest BCUT2D eigenvalue weighted by atomic mass is 10.5. The smallest absolute Gasteiger partial charge is 0.209 e. The molecule has 0 aliphatic rings. The largest absolute Gasteiger partial charge is 0.369 e. The summed E-state index contributed by atoms with van der Waals surface area (Å²) in [6.45, 7) is 8.23. The molecular formula is C8H12N4. The van der Waals surface area contributed by atoms with Crippen LogP contribution in [0.25, 0.3) is 0 Å². The highest BCUT2D eigenvalue weighted by Gasteiger charge is 2.02. The first-order valence-electron chi connectivity index (χ1n) is 3.45. The van der Waals surface area contributed by atoms with Crippen molar-refractivity contribution in [2.45, 2.75) is 0 Å². The van der Waals surface area contributed by atoms with E-state index in [1.165, 1.54) is 0 Å². The van der Waals surface area contributed by atoms with E-state index in [2.05, 4.69) is 18.2 Å². The van der Waals surface area contributed by atoms with Crippen molar-refractivity contribution in [2.24, 2.45) is 10.7 Å². The molecule has 2 N–H and O–H groups in total. The quantitative estimate of drug-likeness (QED) is 0.284. The zero-order valence-electron chi connectivity index (χ0n) is 6.90. The summed E-state index contributed by atoms with van der Waals surface area (Å²) in [4.78, 5) is 5.08. The maximum atomic E-state index is 8.23. The van der Waals surface area contributed by atoms with Crippen LogP contribution >= 0.6 is 0 Å². The highest BCUT2D eigenvalue weighted by Crippen LogP contribution is 1.88. The Morgan fingerprint density at radius 2 is 2.00 bits per heavy atom. The summed E-state index contributed by atoms with van der Waals surface area (Å²) >= 11 is 0. The number of guanidine groups is 1. The van der Waals surface area contributed by atoms with Crippen molar-refractivity contribution >= 4 is 5.96 Å². The van der Waals surface area contributed by atoms with Gasteiger partial charge in [-0.15, -0.1) is 18.2 Å². The van der Waals surface area contributed by atoms with Crippen molar-refractivity contribution in [3.8, 4) is 6.19 Å². The summed E-state index contributed by atoms with van der Waals surface area (Å²) in [5.74, 6) is 0.192. The van der Waals surface area contributed by atoms with E-state index in [0.29, 0.717) is 13.1 Å². The van der Waals surface area contributed by atoms with E-state index in [9.17, 15) is 0 Å². The molecule has 0 aliphatic heterocycles. The lowest BCUT2D eigenvalue weighted by Crippen LogP contribution is -2.37. The minimum Gasteiger partial charge on any atom is -0.369 e. The molecular weight excluding hydrogens is 152 g/mol. The Hall–Kier alpha value is -1.76. The predicted octanol–water partition coefficient (Wildman–Crippen LogP) is 0.456. The molecule has 0 radical (unpaired) electrons. The zero-order valence-corrected chi connectivity index (χ0v) is 6.90. The predicted molar refractivity (Wildman–Crippen MR) is 49.2 cm³/mol. The average Bonchev–Trinajstić information content (AvgIpc) is 2.04. The molecule has 0 fully saturated rings. The zero-order chi connectivity index (χ0) is 9.40. The molecule has 0 aromatic rings. The van der Waals surface area contributed by atoms with Gasteiger partial charge in [0.2, 0.25) is 12.2 Å². The first kappa shape index (κ1) is 10.2. The molecule has 0 saturated carbocycles. The summed E-state index contributed by atoms with van der Waals surface area (Å²) in [6.07, 6.45) is 4.99. The van der Waals surface area contributed by atoms with Crippen LogP contribution in [0.3, 0.4) is 0 Å². The fourth-order valence-corrected chi connectivity index (χ4v) is 0.695. The number of hydrogen-bond acceptors (Lipinski definition) is 2. The summed E-state index contributed by atoms with van der Waals surface area (Å²) in [5.41, 5.74) is 5.46. The van der Waals surface area contributed by atoms with Crippen LogP contribution in [0.5, 0.6) is 0 Å². The second kappa shape index (κ2) is 5.98. The van der Waals surface area contributed by atoms with Gasteiger partial charge in [0.1, 0.15) is 0 Å². The fraction of sp³-hybridized carbons (Fsp3) is 0.250. The van der Waals surface area contributed by atoms with E-state index in [1.807, 2.05) is 0 Å². The summed E-state index contributed by atoms with van der Waals surface area (Å²) in [5, 5.41) is 8.23. The van der Waals surface area contributed by atoms with Crippen LogP contribution < -0.4 is 5.73 Å². The number of rotatable bonds is 4. The van der Waals surface area contributed by atoms with Gasteiger partial charge in [-0.1, -0.05) is 12.2 Å². The first-order valence-corrected chi connectivity index (χ1v) is 3.45. The molecule has 0 rings (SSSR count). The first-order chi connectivity index (χ1) is 5.76. The van der Waals surface area contributed by atoms with Crippen molar-refractivity contribution in [1.29, 1.82) is 5.26 Å². The fourth-order valence-electron chi connectivity index (χ4n) is 0.695. The standard InChI is InChI=1S/C8H12N4/c1-3-5-12(6-4-2)8(10)11-7-9/h3-4H,1-2,5-6H2,(H2,10,11). The third-order valence-corrected chi connectivity index (χ3v) is 1.19. The minimum absolute atomic E-state index is 0.192. The van der Waals surface area contributed by atoms with E-state index in [-0.39, 0.29) is 5.96 Å². The van der Waals surface area contributed by atoms with Gasteiger partial charge in [-0.3, -0.25) is 0 Å². The molecule has 0 aliphatic carbocycles. The molecule has 0 atom stereocenters. The van der Waals surface area contributed by atoms with Crippen LogP contribution in [-0.2, 0) is 0 Å². The number of nitrogens with two attached hydrogens (primary N) is 1. The molecule has 0 heterocycles. The van der Waals surface area contributed by atoms with Crippen molar-refractivity contribution in [2.75, 3.05) is 13.1 Å². The molecule has 4 nitrogen and oxygen atoms in total. The van der Waals surface area contributed by atoms with E-state index in [1.54, 1.807) is 23.2 Å². The summed E-state index contributed by atoms with van der Waals surface area (Å²) < 4.78 is 0. The van der Waals surface area contributed by atoms with E-state index in [4.69, 9.17) is 11.0 Å². The molecule has 12 heavy (non-hydrogen) atoms. The van der Waals surface area contributed by atoms with Crippen LogP contribution in [0.2, 0.25) is 0 Å². The van der Waals surface area contributed by atoms with Gasteiger partial charge < -0.3 is 10.6 Å². The topological polar surface area (TPSA) is 65.4 Å². The van der Waals surface area contributed by atoms with Gasteiger partial charge in [0.25, 0.3) is 0 Å². The van der Waals surface area contributed by atoms with Crippen LogP contribution in [0.1, 0.15) is 0 Å². The Balaban J connectivity index is 4.28. The highest BCUT2D eigenvalue weighted by atomic mass is 15.2. The van der Waals surface area contributed by atoms with Gasteiger partial charge in [-0.2, -0.15) is 5.26 Å². The second-order valence-electron chi connectivity index (χ2n) is 2.05. The number of nitriles is 1.